The zero-order valence-corrected chi connectivity index (χ0v) is 8.60. The Balaban J connectivity index is 2.01. The minimum atomic E-state index is -0.221. The predicted octanol–water partition coefficient (Wildman–Crippen LogP) is -0.604. The number of aliphatic hydroxyl groups is 1. The molecule has 0 spiro atoms. The van der Waals surface area contributed by atoms with Crippen molar-refractivity contribution in [3.05, 3.63) is 11.9 Å². The van der Waals surface area contributed by atoms with Crippen LogP contribution in [0.5, 0.6) is 0 Å². The number of hydrogen-bond acceptors (Lipinski definition) is 4. The van der Waals surface area contributed by atoms with Gasteiger partial charge in [0.15, 0.2) is 0 Å². The summed E-state index contributed by atoms with van der Waals surface area (Å²) in [4.78, 5) is 10.7. The maximum absolute atomic E-state index is 10.7. The summed E-state index contributed by atoms with van der Waals surface area (Å²) in [7, 11) is 0. The monoisotopic (exact) mass is 210 g/mol. The molecule has 1 aliphatic carbocycles. The molecule has 0 aromatic carbocycles. The van der Waals surface area contributed by atoms with Gasteiger partial charge in [-0.1, -0.05) is 5.21 Å². The van der Waals surface area contributed by atoms with Crippen LogP contribution in [0.25, 0.3) is 0 Å². The predicted molar refractivity (Wildman–Crippen MR) is 51.8 cm³/mol. The number of aliphatic hydroxyl groups excluding tert-OH is 1. The van der Waals surface area contributed by atoms with Gasteiger partial charge in [-0.3, -0.25) is 4.79 Å². The second-order valence-electron chi connectivity index (χ2n) is 3.95. The largest absolute Gasteiger partial charge is 0.394 e. The summed E-state index contributed by atoms with van der Waals surface area (Å²) in [5, 5.41) is 19.7. The van der Waals surface area contributed by atoms with E-state index in [9.17, 15) is 9.90 Å². The summed E-state index contributed by atoms with van der Waals surface area (Å²) in [6.07, 6.45) is 3.65. The highest BCUT2D eigenvalue weighted by molar-refractivity contribution is 5.72. The fraction of sp³-hybridized carbons (Fsp3) is 0.667. The Morgan fingerprint density at radius 1 is 1.73 bits per heavy atom. The van der Waals surface area contributed by atoms with Crippen molar-refractivity contribution in [2.45, 2.75) is 31.8 Å². The first-order valence-electron chi connectivity index (χ1n) is 4.93. The first kappa shape index (κ1) is 10.1. The number of aromatic nitrogens is 3. The molecule has 0 aliphatic heterocycles. The van der Waals surface area contributed by atoms with Gasteiger partial charge in [-0.15, -0.1) is 5.10 Å². The van der Waals surface area contributed by atoms with E-state index in [1.54, 1.807) is 10.9 Å². The summed E-state index contributed by atoms with van der Waals surface area (Å²) >= 11 is 0. The van der Waals surface area contributed by atoms with E-state index >= 15 is 0 Å². The first-order valence-corrected chi connectivity index (χ1v) is 4.93. The molecule has 0 bridgehead atoms. The van der Waals surface area contributed by atoms with Gasteiger partial charge in [-0.05, 0) is 12.8 Å². The molecule has 15 heavy (non-hydrogen) atoms. The number of rotatable bonds is 4. The van der Waals surface area contributed by atoms with Crippen LogP contribution in [-0.2, 0) is 16.9 Å². The second-order valence-corrected chi connectivity index (χ2v) is 3.95. The van der Waals surface area contributed by atoms with Crippen LogP contribution in [0, 0.1) is 0 Å². The SMILES string of the molecule is CC(=O)NCc1cn(C2(CO)CC2)nn1. The molecule has 0 saturated heterocycles. The lowest BCUT2D eigenvalue weighted by atomic mass is 10.3. The summed E-state index contributed by atoms with van der Waals surface area (Å²) in [6, 6.07) is 0. The molecule has 0 radical (unpaired) electrons. The third-order valence-electron chi connectivity index (χ3n) is 2.67. The van der Waals surface area contributed by atoms with E-state index in [1.165, 1.54) is 6.92 Å². The van der Waals surface area contributed by atoms with Crippen LogP contribution < -0.4 is 5.32 Å². The molecule has 0 unspecified atom stereocenters. The average Bonchev–Trinajstić information content (AvgIpc) is 2.87. The number of nitrogens with one attached hydrogen (secondary N) is 1. The van der Waals surface area contributed by atoms with Crippen LogP contribution in [0.3, 0.4) is 0 Å². The molecule has 2 N–H and O–H groups in total. The number of amides is 1. The lowest BCUT2D eigenvalue weighted by molar-refractivity contribution is -0.119. The Hall–Kier alpha value is -1.43. The minimum Gasteiger partial charge on any atom is -0.394 e. The van der Waals surface area contributed by atoms with Gasteiger partial charge in [0.25, 0.3) is 0 Å². The molecule has 6 nitrogen and oxygen atoms in total. The number of carbonyl (C=O) groups is 1. The summed E-state index contributed by atoms with van der Waals surface area (Å²) < 4.78 is 1.70. The molecule has 1 heterocycles. The van der Waals surface area contributed by atoms with Gasteiger partial charge in [0.1, 0.15) is 5.69 Å². The van der Waals surface area contributed by atoms with Crippen molar-refractivity contribution < 1.29 is 9.90 Å². The highest BCUT2D eigenvalue weighted by Crippen LogP contribution is 2.42. The molecular weight excluding hydrogens is 196 g/mol. The van der Waals surface area contributed by atoms with Gasteiger partial charge >= 0.3 is 0 Å². The zero-order valence-electron chi connectivity index (χ0n) is 8.60. The van der Waals surface area contributed by atoms with Gasteiger partial charge in [0, 0.05) is 6.92 Å². The van der Waals surface area contributed by atoms with Crippen molar-refractivity contribution in [2.24, 2.45) is 0 Å². The summed E-state index contributed by atoms with van der Waals surface area (Å²) in [5.41, 5.74) is 0.492. The Labute approximate surface area is 87.3 Å². The third kappa shape index (κ3) is 1.99. The smallest absolute Gasteiger partial charge is 0.217 e. The summed E-state index contributed by atoms with van der Waals surface area (Å²) in [6.45, 7) is 1.94. The topological polar surface area (TPSA) is 80.0 Å². The third-order valence-corrected chi connectivity index (χ3v) is 2.67. The Bertz CT molecular complexity index is 370. The highest BCUT2D eigenvalue weighted by Gasteiger charge is 2.45. The molecule has 1 fully saturated rings. The fourth-order valence-electron chi connectivity index (χ4n) is 1.43. The normalized spacial score (nSPS) is 17.5. The van der Waals surface area contributed by atoms with Crippen molar-refractivity contribution >= 4 is 5.91 Å². The van der Waals surface area contributed by atoms with Gasteiger partial charge in [-0.2, -0.15) is 0 Å². The molecule has 82 valence electrons. The standard InChI is InChI=1S/C9H14N4O2/c1-7(15)10-4-8-5-13(12-11-8)9(6-14)2-3-9/h5,14H,2-4,6H2,1H3,(H,10,15). The molecule has 1 saturated carbocycles. The molecule has 1 aromatic heterocycles. The van der Waals surface area contributed by atoms with Crippen molar-refractivity contribution in [3.63, 3.8) is 0 Å². The van der Waals surface area contributed by atoms with E-state index in [0.717, 1.165) is 12.8 Å². The van der Waals surface area contributed by atoms with Crippen LogP contribution in [0.1, 0.15) is 25.5 Å². The van der Waals surface area contributed by atoms with E-state index in [4.69, 9.17) is 0 Å². The molecule has 0 atom stereocenters. The van der Waals surface area contributed by atoms with Crippen LogP contribution >= 0.6 is 0 Å². The summed E-state index contributed by atoms with van der Waals surface area (Å²) in [5.74, 6) is -0.0900. The molecule has 2 rings (SSSR count). The van der Waals surface area contributed by atoms with E-state index in [-0.39, 0.29) is 18.1 Å². The Morgan fingerprint density at radius 2 is 2.47 bits per heavy atom. The van der Waals surface area contributed by atoms with Gasteiger partial charge in [0.05, 0.1) is 24.9 Å². The average molecular weight is 210 g/mol. The van der Waals surface area contributed by atoms with Gasteiger partial charge in [-0.25, -0.2) is 4.68 Å². The molecular formula is C9H14N4O2. The highest BCUT2D eigenvalue weighted by atomic mass is 16.3. The van der Waals surface area contributed by atoms with Gasteiger partial charge in [0.2, 0.25) is 5.91 Å². The molecule has 1 aliphatic rings. The lowest BCUT2D eigenvalue weighted by Crippen LogP contribution is -2.22. The number of nitrogens with zero attached hydrogens (tertiary/aromatic N) is 3. The zero-order chi connectivity index (χ0) is 10.9. The van der Waals surface area contributed by atoms with E-state index in [0.29, 0.717) is 12.2 Å². The van der Waals surface area contributed by atoms with Crippen molar-refractivity contribution in [2.75, 3.05) is 6.61 Å². The maximum atomic E-state index is 10.7. The van der Waals surface area contributed by atoms with E-state index < -0.39 is 0 Å². The van der Waals surface area contributed by atoms with Crippen molar-refractivity contribution in [3.8, 4) is 0 Å². The van der Waals surface area contributed by atoms with Crippen molar-refractivity contribution in [1.29, 1.82) is 0 Å². The van der Waals surface area contributed by atoms with Crippen LogP contribution in [-0.4, -0.2) is 32.6 Å². The molecule has 6 heteroatoms. The maximum Gasteiger partial charge on any atom is 0.217 e. The second kappa shape index (κ2) is 3.62. The van der Waals surface area contributed by atoms with Crippen LogP contribution in [0.15, 0.2) is 6.20 Å². The number of hydrogen-bond donors (Lipinski definition) is 2. The lowest BCUT2D eigenvalue weighted by Gasteiger charge is -2.09. The first-order chi connectivity index (χ1) is 7.16. The van der Waals surface area contributed by atoms with Crippen LogP contribution in [0.2, 0.25) is 0 Å². The van der Waals surface area contributed by atoms with Crippen molar-refractivity contribution in [1.82, 2.24) is 20.3 Å². The van der Waals surface area contributed by atoms with Gasteiger partial charge < -0.3 is 10.4 Å². The Morgan fingerprint density at radius 3 is 3.00 bits per heavy atom. The van der Waals surface area contributed by atoms with E-state index in [1.807, 2.05) is 0 Å². The van der Waals surface area contributed by atoms with E-state index in [2.05, 4.69) is 15.6 Å². The Kier molecular flexibility index (Phi) is 2.44. The quantitative estimate of drug-likeness (QED) is 0.695. The molecule has 1 amide bonds. The molecule has 1 aromatic rings. The number of carbonyl (C=O) groups excluding carboxylic acids is 1. The minimum absolute atomic E-state index is 0.0900. The van der Waals surface area contributed by atoms with Crippen LogP contribution in [0.4, 0.5) is 0 Å². The fourth-order valence-corrected chi connectivity index (χ4v) is 1.43.